The lowest BCUT2D eigenvalue weighted by molar-refractivity contribution is -0.126. The van der Waals surface area contributed by atoms with E-state index < -0.39 is 5.54 Å². The highest BCUT2D eigenvalue weighted by atomic mass is 16.2. The fourth-order valence-electron chi connectivity index (χ4n) is 2.45. The summed E-state index contributed by atoms with van der Waals surface area (Å²) < 4.78 is 0. The van der Waals surface area contributed by atoms with Gasteiger partial charge in [-0.2, -0.15) is 0 Å². The Bertz CT molecular complexity index is 258. The van der Waals surface area contributed by atoms with Gasteiger partial charge in [0.2, 0.25) is 5.91 Å². The van der Waals surface area contributed by atoms with Gasteiger partial charge in [-0.3, -0.25) is 4.79 Å². The second-order valence-electron chi connectivity index (χ2n) is 5.95. The molecule has 1 amide bonds. The molecule has 1 unspecified atom stereocenters. The van der Waals surface area contributed by atoms with E-state index in [-0.39, 0.29) is 5.91 Å². The molecule has 18 heavy (non-hydrogen) atoms. The van der Waals surface area contributed by atoms with Crippen molar-refractivity contribution in [2.45, 2.75) is 52.0 Å². The Hall–Kier alpha value is -0.610. The molecule has 0 saturated carbocycles. The van der Waals surface area contributed by atoms with Crippen molar-refractivity contribution in [1.82, 2.24) is 10.2 Å². The van der Waals surface area contributed by atoms with E-state index in [1.807, 2.05) is 13.8 Å². The van der Waals surface area contributed by atoms with Gasteiger partial charge in [0, 0.05) is 13.1 Å². The van der Waals surface area contributed by atoms with Crippen LogP contribution in [0.3, 0.4) is 0 Å². The van der Waals surface area contributed by atoms with E-state index in [4.69, 9.17) is 5.73 Å². The van der Waals surface area contributed by atoms with E-state index in [9.17, 15) is 4.79 Å². The Morgan fingerprint density at radius 1 is 1.44 bits per heavy atom. The number of amides is 1. The molecule has 0 aromatic carbocycles. The van der Waals surface area contributed by atoms with Gasteiger partial charge in [0.25, 0.3) is 0 Å². The lowest BCUT2D eigenvalue weighted by Crippen LogP contribution is -2.52. The van der Waals surface area contributed by atoms with Crippen LogP contribution >= 0.6 is 0 Å². The van der Waals surface area contributed by atoms with Crippen molar-refractivity contribution in [3.8, 4) is 0 Å². The summed E-state index contributed by atoms with van der Waals surface area (Å²) in [4.78, 5) is 14.3. The number of hydrogen-bond donors (Lipinski definition) is 2. The minimum Gasteiger partial charge on any atom is -0.353 e. The highest BCUT2D eigenvalue weighted by molar-refractivity contribution is 5.85. The van der Waals surface area contributed by atoms with Gasteiger partial charge in [-0.05, 0) is 45.2 Å². The quantitative estimate of drug-likeness (QED) is 0.753. The summed E-state index contributed by atoms with van der Waals surface area (Å²) in [5.41, 5.74) is 5.27. The van der Waals surface area contributed by atoms with E-state index in [0.29, 0.717) is 6.54 Å². The third kappa shape index (κ3) is 4.94. The molecule has 4 nitrogen and oxygen atoms in total. The molecule has 1 aliphatic heterocycles. The summed E-state index contributed by atoms with van der Waals surface area (Å²) in [6.45, 7) is 10.1. The first-order valence-electron chi connectivity index (χ1n) is 7.25. The van der Waals surface area contributed by atoms with Gasteiger partial charge >= 0.3 is 0 Å². The van der Waals surface area contributed by atoms with Crippen LogP contribution in [-0.4, -0.2) is 42.5 Å². The molecule has 1 rings (SSSR count). The number of piperidine rings is 1. The van der Waals surface area contributed by atoms with Crippen molar-refractivity contribution >= 4 is 5.91 Å². The van der Waals surface area contributed by atoms with Crippen molar-refractivity contribution in [3.05, 3.63) is 0 Å². The zero-order valence-corrected chi connectivity index (χ0v) is 12.2. The van der Waals surface area contributed by atoms with Crippen molar-refractivity contribution in [2.75, 3.05) is 26.2 Å². The van der Waals surface area contributed by atoms with Gasteiger partial charge in [0.1, 0.15) is 0 Å². The molecule has 106 valence electrons. The smallest absolute Gasteiger partial charge is 0.239 e. The fourth-order valence-corrected chi connectivity index (χ4v) is 2.45. The van der Waals surface area contributed by atoms with Crippen LogP contribution in [0.25, 0.3) is 0 Å². The zero-order chi connectivity index (χ0) is 13.6. The molecule has 1 heterocycles. The van der Waals surface area contributed by atoms with Gasteiger partial charge < -0.3 is 16.0 Å². The Morgan fingerprint density at radius 2 is 2.06 bits per heavy atom. The number of rotatable bonds is 6. The van der Waals surface area contributed by atoms with Crippen molar-refractivity contribution in [2.24, 2.45) is 11.7 Å². The lowest BCUT2D eigenvalue weighted by Gasteiger charge is -2.30. The zero-order valence-electron chi connectivity index (χ0n) is 12.2. The largest absolute Gasteiger partial charge is 0.353 e. The van der Waals surface area contributed by atoms with Crippen LogP contribution in [0.15, 0.2) is 0 Å². The molecule has 0 aromatic rings. The van der Waals surface area contributed by atoms with Gasteiger partial charge in [0.05, 0.1) is 5.54 Å². The van der Waals surface area contributed by atoms with Crippen LogP contribution < -0.4 is 11.1 Å². The van der Waals surface area contributed by atoms with Gasteiger partial charge in [-0.1, -0.05) is 20.3 Å². The number of likely N-dealkylation sites (tertiary alicyclic amines) is 1. The van der Waals surface area contributed by atoms with Crippen molar-refractivity contribution in [1.29, 1.82) is 0 Å². The predicted octanol–water partition coefficient (Wildman–Crippen LogP) is 1.35. The molecule has 0 bridgehead atoms. The topological polar surface area (TPSA) is 58.4 Å². The van der Waals surface area contributed by atoms with E-state index in [2.05, 4.69) is 17.1 Å². The van der Waals surface area contributed by atoms with E-state index in [1.54, 1.807) is 0 Å². The molecule has 1 atom stereocenters. The number of carbonyl (C=O) groups is 1. The number of nitrogens with zero attached hydrogens (tertiary/aromatic N) is 1. The second kappa shape index (κ2) is 7.10. The summed E-state index contributed by atoms with van der Waals surface area (Å²) in [5.74, 6) is 0.836. The highest BCUT2D eigenvalue weighted by Crippen LogP contribution is 2.15. The third-order valence-corrected chi connectivity index (χ3v) is 3.88. The normalized spacial score (nSPS) is 21.6. The first-order chi connectivity index (χ1) is 8.45. The average molecular weight is 255 g/mol. The van der Waals surface area contributed by atoms with Gasteiger partial charge in [-0.15, -0.1) is 0 Å². The van der Waals surface area contributed by atoms with Gasteiger partial charge in [0.15, 0.2) is 0 Å². The Morgan fingerprint density at radius 3 is 2.61 bits per heavy atom. The average Bonchev–Trinajstić information content (AvgIpc) is 2.31. The summed E-state index contributed by atoms with van der Waals surface area (Å²) in [6.07, 6.45) is 4.22. The minimum absolute atomic E-state index is 0.0188. The van der Waals surface area contributed by atoms with E-state index in [0.717, 1.165) is 38.4 Å². The molecular weight excluding hydrogens is 226 g/mol. The van der Waals surface area contributed by atoms with Crippen LogP contribution in [-0.2, 0) is 4.79 Å². The molecule has 1 saturated heterocycles. The van der Waals surface area contributed by atoms with Crippen molar-refractivity contribution < 1.29 is 4.79 Å². The molecule has 0 aliphatic carbocycles. The minimum atomic E-state index is -0.717. The van der Waals surface area contributed by atoms with Gasteiger partial charge in [-0.25, -0.2) is 0 Å². The molecule has 4 heteroatoms. The molecule has 1 fully saturated rings. The predicted molar refractivity (Wildman–Crippen MR) is 75.3 cm³/mol. The summed E-state index contributed by atoms with van der Waals surface area (Å²) in [5, 5.41) is 2.96. The van der Waals surface area contributed by atoms with Crippen LogP contribution in [0.5, 0.6) is 0 Å². The monoisotopic (exact) mass is 255 g/mol. The number of nitrogens with one attached hydrogen (secondary N) is 1. The maximum atomic E-state index is 11.9. The van der Waals surface area contributed by atoms with Crippen LogP contribution in [0.2, 0.25) is 0 Å². The lowest BCUT2D eigenvalue weighted by atomic mass is 9.96. The van der Waals surface area contributed by atoms with Crippen LogP contribution in [0, 0.1) is 5.92 Å². The SMILES string of the molecule is CCCC(C)(N)C(=O)NCCN1CCC(C)CC1. The summed E-state index contributed by atoms with van der Waals surface area (Å²) in [6, 6.07) is 0. The molecule has 1 aliphatic rings. The summed E-state index contributed by atoms with van der Waals surface area (Å²) >= 11 is 0. The van der Waals surface area contributed by atoms with Crippen LogP contribution in [0.4, 0.5) is 0 Å². The molecule has 0 aromatic heterocycles. The van der Waals surface area contributed by atoms with E-state index in [1.165, 1.54) is 12.8 Å². The molecule has 3 N–H and O–H groups in total. The Kier molecular flexibility index (Phi) is 6.09. The molecule has 0 radical (unpaired) electrons. The Balaban J connectivity index is 2.19. The number of nitrogens with two attached hydrogens (primary N) is 1. The standard InChI is InChI=1S/C14H29N3O/c1-4-7-14(3,15)13(18)16-8-11-17-9-5-12(2)6-10-17/h12H,4-11,15H2,1-3H3,(H,16,18). The maximum absolute atomic E-state index is 11.9. The number of hydrogen-bond acceptors (Lipinski definition) is 3. The van der Waals surface area contributed by atoms with Crippen LogP contribution in [0.1, 0.15) is 46.5 Å². The Labute approximate surface area is 111 Å². The fraction of sp³-hybridized carbons (Fsp3) is 0.929. The first-order valence-corrected chi connectivity index (χ1v) is 7.25. The summed E-state index contributed by atoms with van der Waals surface area (Å²) in [7, 11) is 0. The third-order valence-electron chi connectivity index (χ3n) is 3.88. The molecule has 0 spiro atoms. The maximum Gasteiger partial charge on any atom is 0.239 e. The second-order valence-corrected chi connectivity index (χ2v) is 5.95. The van der Waals surface area contributed by atoms with E-state index >= 15 is 0 Å². The number of carbonyl (C=O) groups excluding carboxylic acids is 1. The first kappa shape index (κ1) is 15.4. The van der Waals surface area contributed by atoms with Crippen molar-refractivity contribution in [3.63, 3.8) is 0 Å². The highest BCUT2D eigenvalue weighted by Gasteiger charge is 2.26. The molecular formula is C14H29N3O.